The van der Waals surface area contributed by atoms with Gasteiger partial charge in [0.1, 0.15) is 16.1 Å². The summed E-state index contributed by atoms with van der Waals surface area (Å²) in [5, 5.41) is 15.9. The van der Waals surface area contributed by atoms with E-state index in [2.05, 4.69) is 21.4 Å². The number of carbonyl (C=O) groups is 1. The maximum Gasteiger partial charge on any atom is 0.231 e. The lowest BCUT2D eigenvalue weighted by Gasteiger charge is -2.10. The van der Waals surface area contributed by atoms with E-state index in [9.17, 15) is 10.1 Å². The predicted molar refractivity (Wildman–Crippen MR) is 118 cm³/mol. The van der Waals surface area contributed by atoms with Crippen LogP contribution in [0.3, 0.4) is 0 Å². The molecule has 29 heavy (non-hydrogen) atoms. The van der Waals surface area contributed by atoms with Gasteiger partial charge in [0, 0.05) is 22.5 Å². The third kappa shape index (κ3) is 5.22. The van der Waals surface area contributed by atoms with Crippen molar-refractivity contribution >= 4 is 34.7 Å². The van der Waals surface area contributed by atoms with Gasteiger partial charge in [0.2, 0.25) is 5.91 Å². The summed E-state index contributed by atoms with van der Waals surface area (Å²) in [5.41, 5.74) is 6.43. The number of aryl methyl sites for hydroxylation is 2. The van der Waals surface area contributed by atoms with E-state index in [0.29, 0.717) is 11.3 Å². The van der Waals surface area contributed by atoms with Gasteiger partial charge in [0.15, 0.2) is 0 Å². The molecule has 2 heterocycles. The Labute approximate surface area is 179 Å². The van der Waals surface area contributed by atoms with Crippen LogP contribution in [-0.2, 0) is 17.0 Å². The zero-order chi connectivity index (χ0) is 21.0. The Balaban J connectivity index is 1.62. The molecule has 5 nitrogen and oxygen atoms in total. The lowest BCUT2D eigenvalue weighted by atomic mass is 10.1. The van der Waals surface area contributed by atoms with E-state index in [-0.39, 0.29) is 12.3 Å². The van der Waals surface area contributed by atoms with Gasteiger partial charge in [0.25, 0.3) is 0 Å². The molecule has 3 aromatic rings. The van der Waals surface area contributed by atoms with E-state index in [0.717, 1.165) is 43.8 Å². The molecule has 0 aliphatic heterocycles. The third-order valence-corrected chi connectivity index (χ3v) is 6.58. The van der Waals surface area contributed by atoms with Crippen molar-refractivity contribution in [3.05, 3.63) is 68.3 Å². The fraction of sp³-hybridized carbons (Fsp3) is 0.273. The zero-order valence-corrected chi connectivity index (χ0v) is 18.5. The van der Waals surface area contributed by atoms with Crippen molar-refractivity contribution in [2.24, 2.45) is 0 Å². The predicted octanol–water partition coefficient (Wildman–Crippen LogP) is 5.12. The van der Waals surface area contributed by atoms with Crippen LogP contribution in [-0.4, -0.2) is 15.9 Å². The van der Waals surface area contributed by atoms with Gasteiger partial charge in [-0.25, -0.2) is 9.97 Å². The molecule has 0 unspecified atom stereocenters. The summed E-state index contributed by atoms with van der Waals surface area (Å²) in [6.07, 6.45) is 0.244. The largest absolute Gasteiger partial charge is 0.326 e. The van der Waals surface area contributed by atoms with Crippen LogP contribution in [0.2, 0.25) is 0 Å². The number of anilines is 1. The molecule has 0 saturated heterocycles. The highest BCUT2D eigenvalue weighted by Crippen LogP contribution is 2.29. The molecule has 148 valence electrons. The van der Waals surface area contributed by atoms with Gasteiger partial charge in [-0.3, -0.25) is 4.79 Å². The molecule has 0 saturated carbocycles. The van der Waals surface area contributed by atoms with Gasteiger partial charge in [-0.1, -0.05) is 29.5 Å². The number of nitriles is 1. The molecule has 1 N–H and O–H groups in total. The van der Waals surface area contributed by atoms with Gasteiger partial charge in [-0.05, 0) is 51.0 Å². The molecule has 0 bridgehead atoms. The van der Waals surface area contributed by atoms with Gasteiger partial charge in [-0.2, -0.15) is 5.26 Å². The Morgan fingerprint density at radius 1 is 1.14 bits per heavy atom. The van der Waals surface area contributed by atoms with Gasteiger partial charge >= 0.3 is 0 Å². The zero-order valence-electron chi connectivity index (χ0n) is 16.9. The molecular formula is C22H22N4OS2. The molecular weight excluding hydrogens is 400 g/mol. The second kappa shape index (κ2) is 9.21. The van der Waals surface area contributed by atoms with Crippen molar-refractivity contribution in [1.82, 2.24) is 9.97 Å². The number of thioether (sulfide) groups is 1. The van der Waals surface area contributed by atoms with Crippen molar-refractivity contribution in [1.29, 1.82) is 5.26 Å². The normalized spacial score (nSPS) is 10.6. The van der Waals surface area contributed by atoms with Crippen LogP contribution in [0, 0.1) is 39.0 Å². The summed E-state index contributed by atoms with van der Waals surface area (Å²) in [6.45, 7) is 7.91. The molecule has 0 atom stereocenters. The highest BCUT2D eigenvalue weighted by Gasteiger charge is 2.14. The molecule has 2 aromatic heterocycles. The standard InChI is InChI=1S/C22H22N4OS2/c1-13-5-7-17(8-6-13)25-20(27)9-21-26-18(11-28-21)12-29-22-19(10-23)15(3)14(2)16(4)24-22/h5-8,11H,9,12H2,1-4H3,(H,25,27). The van der Waals surface area contributed by atoms with Gasteiger partial charge in [0.05, 0.1) is 17.7 Å². The third-order valence-electron chi connectivity index (χ3n) is 4.68. The number of hydrogen-bond acceptors (Lipinski definition) is 6. The van der Waals surface area contributed by atoms with Crippen molar-refractivity contribution in [2.45, 2.75) is 44.9 Å². The second-order valence-electron chi connectivity index (χ2n) is 6.85. The van der Waals surface area contributed by atoms with Gasteiger partial charge < -0.3 is 5.32 Å². The fourth-order valence-corrected chi connectivity index (χ4v) is 4.64. The number of pyridine rings is 1. The lowest BCUT2D eigenvalue weighted by molar-refractivity contribution is -0.115. The van der Waals surface area contributed by atoms with Crippen molar-refractivity contribution in [3.63, 3.8) is 0 Å². The van der Waals surface area contributed by atoms with E-state index < -0.39 is 0 Å². The maximum absolute atomic E-state index is 12.3. The summed E-state index contributed by atoms with van der Waals surface area (Å²) < 4.78 is 0. The molecule has 1 amide bonds. The second-order valence-corrected chi connectivity index (χ2v) is 8.76. The average molecular weight is 423 g/mol. The molecule has 3 rings (SSSR count). The van der Waals surface area contributed by atoms with E-state index in [4.69, 9.17) is 0 Å². The number of hydrogen-bond donors (Lipinski definition) is 1. The van der Waals surface area contributed by atoms with Crippen LogP contribution < -0.4 is 5.32 Å². The molecule has 0 spiro atoms. The minimum atomic E-state index is -0.0828. The molecule has 0 fully saturated rings. The summed E-state index contributed by atoms with van der Waals surface area (Å²) in [7, 11) is 0. The molecule has 0 aliphatic rings. The van der Waals surface area contributed by atoms with E-state index in [1.54, 1.807) is 0 Å². The Morgan fingerprint density at radius 3 is 2.55 bits per heavy atom. The van der Waals surface area contributed by atoms with Crippen molar-refractivity contribution < 1.29 is 4.79 Å². The SMILES string of the molecule is Cc1ccc(NC(=O)Cc2nc(CSc3nc(C)c(C)c(C)c3C#N)cs2)cc1. The number of benzene rings is 1. The highest BCUT2D eigenvalue weighted by molar-refractivity contribution is 7.98. The van der Waals surface area contributed by atoms with Crippen molar-refractivity contribution in [2.75, 3.05) is 5.32 Å². The number of nitrogens with one attached hydrogen (secondary N) is 1. The number of aromatic nitrogens is 2. The molecule has 0 radical (unpaired) electrons. The van der Waals surface area contributed by atoms with E-state index in [1.807, 2.05) is 57.3 Å². The summed E-state index contributed by atoms with van der Waals surface area (Å²) in [4.78, 5) is 21.4. The number of amides is 1. The Morgan fingerprint density at radius 2 is 1.86 bits per heavy atom. The molecule has 7 heteroatoms. The van der Waals surface area contributed by atoms with Crippen LogP contribution in [0.15, 0.2) is 34.7 Å². The first-order valence-electron chi connectivity index (χ1n) is 9.18. The monoisotopic (exact) mass is 422 g/mol. The van der Waals surface area contributed by atoms with Crippen LogP contribution in [0.1, 0.15) is 38.6 Å². The lowest BCUT2D eigenvalue weighted by Crippen LogP contribution is -2.14. The Hall–Kier alpha value is -2.69. The van der Waals surface area contributed by atoms with Crippen LogP contribution >= 0.6 is 23.1 Å². The van der Waals surface area contributed by atoms with Crippen LogP contribution in [0.4, 0.5) is 5.69 Å². The summed E-state index contributed by atoms with van der Waals surface area (Å²) >= 11 is 2.98. The number of thiazole rings is 1. The van der Waals surface area contributed by atoms with E-state index in [1.165, 1.54) is 23.1 Å². The first kappa shape index (κ1) is 21.0. The Kier molecular flexibility index (Phi) is 6.68. The average Bonchev–Trinajstić information content (AvgIpc) is 3.13. The number of carbonyl (C=O) groups excluding carboxylic acids is 1. The van der Waals surface area contributed by atoms with Crippen molar-refractivity contribution in [3.8, 4) is 6.07 Å². The van der Waals surface area contributed by atoms with Crippen LogP contribution in [0.5, 0.6) is 0 Å². The smallest absolute Gasteiger partial charge is 0.231 e. The highest BCUT2D eigenvalue weighted by atomic mass is 32.2. The topological polar surface area (TPSA) is 78.7 Å². The quantitative estimate of drug-likeness (QED) is 0.558. The number of rotatable bonds is 6. The minimum Gasteiger partial charge on any atom is -0.326 e. The summed E-state index contributed by atoms with van der Waals surface area (Å²) in [5.74, 6) is 0.528. The van der Waals surface area contributed by atoms with Crippen LogP contribution in [0.25, 0.3) is 0 Å². The first-order chi connectivity index (χ1) is 13.9. The fourth-order valence-electron chi connectivity index (χ4n) is 2.77. The van der Waals surface area contributed by atoms with E-state index >= 15 is 0 Å². The maximum atomic E-state index is 12.3. The molecule has 1 aromatic carbocycles. The summed E-state index contributed by atoms with van der Waals surface area (Å²) in [6, 6.07) is 9.98. The first-order valence-corrected chi connectivity index (χ1v) is 11.0. The minimum absolute atomic E-state index is 0.0828. The van der Waals surface area contributed by atoms with Gasteiger partial charge in [-0.15, -0.1) is 11.3 Å². The molecule has 0 aliphatic carbocycles. The Bertz CT molecular complexity index is 1080. The number of nitrogens with zero attached hydrogens (tertiary/aromatic N) is 3.